The van der Waals surface area contributed by atoms with Crippen LogP contribution in [0.15, 0.2) is 17.1 Å². The fraction of sp³-hybridized carbons (Fsp3) is 0.600. The van der Waals surface area contributed by atoms with Gasteiger partial charge in [0.25, 0.3) is 0 Å². The van der Waals surface area contributed by atoms with Crippen LogP contribution in [-0.4, -0.2) is 50.8 Å². The smallest absolute Gasteiger partial charge is 0.351 e. The zero-order chi connectivity index (χ0) is 12.9. The van der Waals surface area contributed by atoms with Gasteiger partial charge in [0.2, 0.25) is 0 Å². The molecule has 2 aliphatic rings. The highest BCUT2D eigenvalue weighted by Gasteiger charge is 2.61. The third-order valence-electron chi connectivity index (χ3n) is 3.40. The Morgan fingerprint density at radius 2 is 2.44 bits per heavy atom. The van der Waals surface area contributed by atoms with Crippen molar-refractivity contribution in [2.45, 2.75) is 24.0 Å². The van der Waals surface area contributed by atoms with E-state index in [0.29, 0.717) is 0 Å². The standard InChI is InChI=1S/C10H13N3O5/c11-5-1-2-13(9(16)12-5)8-6-7(15)10(3-14,18-8)4-17-6/h1-2,6-8,14-15H,3-4H2,(H2,11,12,16)/t6?,7-,8-,10+/m1/s1. The molecule has 4 atom stereocenters. The van der Waals surface area contributed by atoms with Gasteiger partial charge < -0.3 is 25.4 Å². The van der Waals surface area contributed by atoms with Crippen molar-refractivity contribution >= 4 is 5.82 Å². The van der Waals surface area contributed by atoms with Crippen molar-refractivity contribution in [1.82, 2.24) is 9.55 Å². The van der Waals surface area contributed by atoms with Crippen LogP contribution in [0.25, 0.3) is 0 Å². The van der Waals surface area contributed by atoms with Crippen LogP contribution in [0.2, 0.25) is 0 Å². The number of hydrogen-bond donors (Lipinski definition) is 3. The Hall–Kier alpha value is -1.48. The second-order valence-electron chi connectivity index (χ2n) is 4.49. The molecule has 0 aliphatic carbocycles. The monoisotopic (exact) mass is 255 g/mol. The molecule has 0 amide bonds. The van der Waals surface area contributed by atoms with Crippen LogP contribution in [0, 0.1) is 0 Å². The molecule has 4 N–H and O–H groups in total. The number of fused-ring (bicyclic) bond motifs is 2. The minimum atomic E-state index is -1.16. The van der Waals surface area contributed by atoms with Crippen LogP contribution in [0.4, 0.5) is 5.82 Å². The second kappa shape index (κ2) is 3.75. The van der Waals surface area contributed by atoms with E-state index < -0.39 is 29.7 Å². The van der Waals surface area contributed by atoms with Crippen molar-refractivity contribution in [2.24, 2.45) is 0 Å². The van der Waals surface area contributed by atoms with Gasteiger partial charge in [0.15, 0.2) is 6.23 Å². The predicted molar refractivity (Wildman–Crippen MR) is 58.6 cm³/mol. The van der Waals surface area contributed by atoms with E-state index >= 15 is 0 Å². The van der Waals surface area contributed by atoms with Gasteiger partial charge in [-0.25, -0.2) is 4.79 Å². The molecular formula is C10H13N3O5. The maximum atomic E-state index is 11.7. The van der Waals surface area contributed by atoms with E-state index in [-0.39, 0.29) is 19.0 Å². The van der Waals surface area contributed by atoms with Gasteiger partial charge in [0.1, 0.15) is 23.6 Å². The first-order valence-corrected chi connectivity index (χ1v) is 5.50. The van der Waals surface area contributed by atoms with E-state index in [9.17, 15) is 15.0 Å². The van der Waals surface area contributed by atoms with E-state index in [0.717, 1.165) is 0 Å². The minimum Gasteiger partial charge on any atom is -0.393 e. The summed E-state index contributed by atoms with van der Waals surface area (Å²) in [5.41, 5.74) is 3.65. The van der Waals surface area contributed by atoms with Crippen LogP contribution in [0.1, 0.15) is 6.23 Å². The average Bonchev–Trinajstić information content (AvgIpc) is 2.81. The van der Waals surface area contributed by atoms with E-state index in [1.807, 2.05) is 0 Å². The summed E-state index contributed by atoms with van der Waals surface area (Å²) in [5.74, 6) is 0.109. The molecule has 3 heterocycles. The Kier molecular flexibility index (Phi) is 2.42. The maximum absolute atomic E-state index is 11.7. The second-order valence-corrected chi connectivity index (χ2v) is 4.49. The molecule has 0 spiro atoms. The molecule has 1 aromatic rings. The zero-order valence-electron chi connectivity index (χ0n) is 9.39. The van der Waals surface area contributed by atoms with E-state index in [2.05, 4.69) is 4.98 Å². The SMILES string of the molecule is Nc1ccn([C@@H]2O[C@@]3(CO)COC2[C@H]3O)c(=O)n1. The molecule has 8 nitrogen and oxygen atoms in total. The van der Waals surface area contributed by atoms with Crippen molar-refractivity contribution in [1.29, 1.82) is 0 Å². The van der Waals surface area contributed by atoms with E-state index in [4.69, 9.17) is 15.2 Å². The van der Waals surface area contributed by atoms with Crippen molar-refractivity contribution in [3.05, 3.63) is 22.7 Å². The Balaban J connectivity index is 1.98. The Morgan fingerprint density at radius 3 is 3.06 bits per heavy atom. The van der Waals surface area contributed by atoms with Gasteiger partial charge in [-0.3, -0.25) is 4.57 Å². The summed E-state index contributed by atoms with van der Waals surface area (Å²) in [6.45, 7) is -0.276. The first-order valence-electron chi connectivity index (χ1n) is 5.50. The molecule has 0 aromatic carbocycles. The maximum Gasteiger partial charge on any atom is 0.351 e. The number of aliphatic hydroxyl groups is 2. The molecule has 2 bridgehead atoms. The summed E-state index contributed by atoms with van der Waals surface area (Å²) in [4.78, 5) is 15.3. The quantitative estimate of drug-likeness (QED) is 0.550. The Bertz CT molecular complexity index is 532. The van der Waals surface area contributed by atoms with Gasteiger partial charge in [-0.05, 0) is 6.07 Å². The van der Waals surface area contributed by atoms with Gasteiger partial charge in [-0.1, -0.05) is 0 Å². The largest absolute Gasteiger partial charge is 0.393 e. The Morgan fingerprint density at radius 1 is 1.67 bits per heavy atom. The third kappa shape index (κ3) is 1.40. The lowest BCUT2D eigenvalue weighted by atomic mass is 10.0. The van der Waals surface area contributed by atoms with E-state index in [1.165, 1.54) is 16.8 Å². The fourth-order valence-corrected chi connectivity index (χ4v) is 2.37. The molecule has 0 radical (unpaired) electrons. The summed E-state index contributed by atoms with van der Waals surface area (Å²) in [5, 5.41) is 19.3. The number of rotatable bonds is 2. The van der Waals surface area contributed by atoms with Gasteiger partial charge in [-0.15, -0.1) is 0 Å². The van der Waals surface area contributed by atoms with Crippen LogP contribution < -0.4 is 11.4 Å². The first-order chi connectivity index (χ1) is 8.57. The fourth-order valence-electron chi connectivity index (χ4n) is 2.37. The molecule has 2 fully saturated rings. The number of nitrogens with two attached hydrogens (primary N) is 1. The van der Waals surface area contributed by atoms with Crippen molar-refractivity contribution in [2.75, 3.05) is 18.9 Å². The topological polar surface area (TPSA) is 120 Å². The van der Waals surface area contributed by atoms with Crippen LogP contribution >= 0.6 is 0 Å². The van der Waals surface area contributed by atoms with Gasteiger partial charge in [-0.2, -0.15) is 4.98 Å². The molecule has 0 saturated carbocycles. The van der Waals surface area contributed by atoms with Crippen molar-refractivity contribution in [3.63, 3.8) is 0 Å². The summed E-state index contributed by atoms with van der Waals surface area (Å²) in [6, 6.07) is 1.45. The highest BCUT2D eigenvalue weighted by molar-refractivity contribution is 5.24. The molecule has 3 rings (SSSR count). The van der Waals surface area contributed by atoms with Crippen LogP contribution in [0.5, 0.6) is 0 Å². The normalized spacial score (nSPS) is 38.2. The molecule has 8 heteroatoms. The molecule has 1 unspecified atom stereocenters. The average molecular weight is 255 g/mol. The molecule has 2 saturated heterocycles. The molecular weight excluding hydrogens is 242 g/mol. The number of anilines is 1. The lowest BCUT2D eigenvalue weighted by Crippen LogP contribution is -2.44. The van der Waals surface area contributed by atoms with Gasteiger partial charge >= 0.3 is 5.69 Å². The highest BCUT2D eigenvalue weighted by atomic mass is 16.7. The van der Waals surface area contributed by atoms with Crippen molar-refractivity contribution < 1.29 is 19.7 Å². The number of aromatic nitrogens is 2. The van der Waals surface area contributed by atoms with Crippen LogP contribution in [-0.2, 0) is 9.47 Å². The van der Waals surface area contributed by atoms with E-state index in [1.54, 1.807) is 0 Å². The first kappa shape index (κ1) is 11.6. The molecule has 18 heavy (non-hydrogen) atoms. The summed E-state index contributed by atoms with van der Waals surface area (Å²) < 4.78 is 12.1. The lowest BCUT2D eigenvalue weighted by Gasteiger charge is -2.29. The number of nitrogen functional groups attached to an aromatic ring is 1. The summed E-state index contributed by atoms with van der Waals surface area (Å²) in [6.07, 6.45) is -1.05. The molecule has 1 aromatic heterocycles. The minimum absolute atomic E-state index is 0.100. The highest BCUT2D eigenvalue weighted by Crippen LogP contribution is 2.44. The summed E-state index contributed by atoms with van der Waals surface area (Å²) >= 11 is 0. The summed E-state index contributed by atoms with van der Waals surface area (Å²) in [7, 11) is 0. The number of hydrogen-bond acceptors (Lipinski definition) is 7. The number of ether oxygens (including phenoxy) is 2. The predicted octanol–water partition coefficient (Wildman–Crippen LogP) is -2.15. The molecule has 2 aliphatic heterocycles. The number of aliphatic hydroxyl groups excluding tert-OH is 2. The zero-order valence-corrected chi connectivity index (χ0v) is 9.39. The molecule has 98 valence electrons. The lowest BCUT2D eigenvalue weighted by molar-refractivity contribution is -0.187. The number of nitrogens with zero attached hydrogens (tertiary/aromatic N) is 2. The van der Waals surface area contributed by atoms with Gasteiger partial charge in [0, 0.05) is 6.20 Å². The van der Waals surface area contributed by atoms with Crippen LogP contribution in [0.3, 0.4) is 0 Å². The van der Waals surface area contributed by atoms with Gasteiger partial charge in [0.05, 0.1) is 13.2 Å². The third-order valence-corrected chi connectivity index (χ3v) is 3.40. The Labute approximate surface area is 102 Å². The van der Waals surface area contributed by atoms with Crippen molar-refractivity contribution in [3.8, 4) is 0 Å².